The van der Waals surface area contributed by atoms with Crippen LogP contribution in [0.25, 0.3) is 0 Å². The fourth-order valence-corrected chi connectivity index (χ4v) is 1.28. The lowest BCUT2D eigenvalue weighted by atomic mass is 10.2. The zero-order valence-electron chi connectivity index (χ0n) is 5.54. The summed E-state index contributed by atoms with van der Waals surface area (Å²) in [6, 6.07) is 4.40. The quantitative estimate of drug-likeness (QED) is 0.661. The van der Waals surface area contributed by atoms with Crippen LogP contribution in [0.4, 0.5) is 13.2 Å². The van der Waals surface area contributed by atoms with Gasteiger partial charge in [-0.1, -0.05) is 11.6 Å². The first-order chi connectivity index (χ1) is 5.43. The van der Waals surface area contributed by atoms with E-state index in [0.29, 0.717) is 0 Å². The number of alkyl halides is 3. The van der Waals surface area contributed by atoms with Crippen molar-refractivity contribution in [3.8, 4) is 0 Å². The molecular weight excluding hydrogens is 256 g/mol. The summed E-state index contributed by atoms with van der Waals surface area (Å²) in [7, 11) is 0. The molecular formula is C7H2BrClF3. The Hall–Kier alpha value is -0.220. The van der Waals surface area contributed by atoms with E-state index in [4.69, 9.17) is 11.6 Å². The number of halogens is 5. The highest BCUT2D eigenvalue weighted by atomic mass is 79.9. The molecule has 0 aliphatic rings. The van der Waals surface area contributed by atoms with Gasteiger partial charge in [-0.3, -0.25) is 0 Å². The van der Waals surface area contributed by atoms with Crippen LogP contribution >= 0.6 is 27.5 Å². The van der Waals surface area contributed by atoms with E-state index in [-0.39, 0.29) is 9.50 Å². The maximum absolute atomic E-state index is 12.1. The zero-order chi connectivity index (χ0) is 9.35. The molecule has 0 fully saturated rings. The number of rotatable bonds is 0. The third-order valence-corrected chi connectivity index (χ3v) is 2.57. The first kappa shape index (κ1) is 9.86. The molecule has 0 bridgehead atoms. The molecule has 0 N–H and O–H groups in total. The number of hydrogen-bond donors (Lipinski definition) is 0. The first-order valence-corrected chi connectivity index (χ1v) is 4.02. The third-order valence-electron chi connectivity index (χ3n) is 1.19. The fourth-order valence-electron chi connectivity index (χ4n) is 0.660. The lowest BCUT2D eigenvalue weighted by Gasteiger charge is -2.08. The van der Waals surface area contributed by atoms with E-state index in [1.165, 1.54) is 6.07 Å². The van der Waals surface area contributed by atoms with Crippen LogP contribution in [0, 0.1) is 6.07 Å². The van der Waals surface area contributed by atoms with Crippen LogP contribution in [0.2, 0.25) is 5.02 Å². The van der Waals surface area contributed by atoms with E-state index in [9.17, 15) is 13.2 Å². The van der Waals surface area contributed by atoms with Crippen molar-refractivity contribution in [2.75, 3.05) is 0 Å². The molecule has 1 rings (SSSR count). The average molecular weight is 258 g/mol. The van der Waals surface area contributed by atoms with E-state index in [2.05, 4.69) is 22.0 Å². The van der Waals surface area contributed by atoms with Crippen LogP contribution < -0.4 is 0 Å². The Morgan fingerprint density at radius 2 is 1.92 bits per heavy atom. The minimum absolute atomic E-state index is 0.00447. The normalized spacial score (nSPS) is 11.8. The molecule has 0 aliphatic carbocycles. The van der Waals surface area contributed by atoms with Crippen LogP contribution in [-0.2, 0) is 6.18 Å². The molecule has 0 saturated heterocycles. The van der Waals surface area contributed by atoms with Crippen molar-refractivity contribution in [2.45, 2.75) is 6.18 Å². The van der Waals surface area contributed by atoms with E-state index >= 15 is 0 Å². The van der Waals surface area contributed by atoms with Crippen molar-refractivity contribution in [3.63, 3.8) is 0 Å². The van der Waals surface area contributed by atoms with E-state index < -0.39 is 11.7 Å². The molecule has 5 heteroatoms. The molecule has 65 valence electrons. The Kier molecular flexibility index (Phi) is 2.68. The van der Waals surface area contributed by atoms with Crippen molar-refractivity contribution in [3.05, 3.63) is 33.3 Å². The minimum Gasteiger partial charge on any atom is -0.166 e. The van der Waals surface area contributed by atoms with E-state index in [0.717, 1.165) is 6.07 Å². The van der Waals surface area contributed by atoms with Gasteiger partial charge in [0, 0.05) is 4.47 Å². The van der Waals surface area contributed by atoms with Gasteiger partial charge < -0.3 is 0 Å². The Morgan fingerprint density at radius 1 is 1.33 bits per heavy atom. The maximum Gasteiger partial charge on any atom is 0.417 e. The van der Waals surface area contributed by atoms with Crippen LogP contribution in [0.3, 0.4) is 0 Å². The van der Waals surface area contributed by atoms with Crippen LogP contribution in [0.15, 0.2) is 16.6 Å². The molecule has 12 heavy (non-hydrogen) atoms. The van der Waals surface area contributed by atoms with Crippen LogP contribution in [0.5, 0.6) is 0 Å². The van der Waals surface area contributed by atoms with Gasteiger partial charge in [0.15, 0.2) is 0 Å². The predicted molar refractivity (Wildman–Crippen MR) is 43.0 cm³/mol. The van der Waals surface area contributed by atoms with Gasteiger partial charge in [-0.15, -0.1) is 0 Å². The number of hydrogen-bond acceptors (Lipinski definition) is 0. The lowest BCUT2D eigenvalue weighted by Crippen LogP contribution is -2.05. The Morgan fingerprint density at radius 3 is 2.33 bits per heavy atom. The fraction of sp³-hybridized carbons (Fsp3) is 0.143. The largest absolute Gasteiger partial charge is 0.417 e. The highest BCUT2D eigenvalue weighted by Gasteiger charge is 2.33. The molecule has 0 nitrogen and oxygen atoms in total. The van der Waals surface area contributed by atoms with Crippen molar-refractivity contribution >= 4 is 27.5 Å². The first-order valence-electron chi connectivity index (χ1n) is 2.85. The van der Waals surface area contributed by atoms with Crippen molar-refractivity contribution in [2.24, 2.45) is 0 Å². The molecule has 1 radical (unpaired) electrons. The second-order valence-electron chi connectivity index (χ2n) is 2.03. The standard InChI is InChI=1S/C7H2BrClF3/c8-6-4(7(10,11)12)2-1-3-5(6)9/h2-3H. The average Bonchev–Trinajstić information content (AvgIpc) is 1.92. The van der Waals surface area contributed by atoms with Crippen molar-refractivity contribution in [1.82, 2.24) is 0 Å². The lowest BCUT2D eigenvalue weighted by molar-refractivity contribution is -0.138. The van der Waals surface area contributed by atoms with Gasteiger partial charge in [0.2, 0.25) is 0 Å². The molecule has 1 aromatic rings. The summed E-state index contributed by atoms with van der Waals surface area (Å²) < 4.78 is 36.2. The summed E-state index contributed by atoms with van der Waals surface area (Å²) in [6.45, 7) is 0. The summed E-state index contributed by atoms with van der Waals surface area (Å²) in [4.78, 5) is 0. The molecule has 0 heterocycles. The van der Waals surface area contributed by atoms with Crippen LogP contribution in [-0.4, -0.2) is 0 Å². The summed E-state index contributed by atoms with van der Waals surface area (Å²) >= 11 is 8.19. The highest BCUT2D eigenvalue weighted by Crippen LogP contribution is 2.37. The minimum atomic E-state index is -4.39. The zero-order valence-corrected chi connectivity index (χ0v) is 7.89. The smallest absolute Gasteiger partial charge is 0.166 e. The van der Waals surface area contributed by atoms with Gasteiger partial charge in [-0.25, -0.2) is 0 Å². The molecule has 0 unspecified atom stereocenters. The summed E-state index contributed by atoms with van der Waals surface area (Å²) in [6.07, 6.45) is -4.39. The summed E-state index contributed by atoms with van der Waals surface area (Å²) in [5, 5.41) is 0.00447. The molecule has 0 spiro atoms. The second-order valence-corrected chi connectivity index (χ2v) is 3.23. The second kappa shape index (κ2) is 3.26. The van der Waals surface area contributed by atoms with Gasteiger partial charge in [-0.05, 0) is 34.1 Å². The van der Waals surface area contributed by atoms with Gasteiger partial charge in [0.05, 0.1) is 10.6 Å². The molecule has 0 saturated carbocycles. The van der Waals surface area contributed by atoms with E-state index in [1.54, 1.807) is 0 Å². The maximum atomic E-state index is 12.1. The Labute approximate surface area is 80.5 Å². The molecule has 0 aliphatic heterocycles. The van der Waals surface area contributed by atoms with Crippen molar-refractivity contribution in [1.29, 1.82) is 0 Å². The molecule has 0 aromatic heterocycles. The van der Waals surface area contributed by atoms with E-state index in [1.807, 2.05) is 0 Å². The summed E-state index contributed by atoms with van der Waals surface area (Å²) in [5.74, 6) is 0. The molecule has 0 amide bonds. The predicted octanol–water partition coefficient (Wildman–Crippen LogP) is 3.92. The molecule has 1 aromatic carbocycles. The van der Waals surface area contributed by atoms with Gasteiger partial charge in [-0.2, -0.15) is 13.2 Å². The SMILES string of the molecule is FC(F)(F)c1c[c]cc(Cl)c1Br. The number of benzene rings is 1. The monoisotopic (exact) mass is 257 g/mol. The molecule has 0 atom stereocenters. The Balaban J connectivity index is 3.26. The van der Waals surface area contributed by atoms with Gasteiger partial charge >= 0.3 is 6.18 Å². The highest BCUT2D eigenvalue weighted by molar-refractivity contribution is 9.10. The van der Waals surface area contributed by atoms with Gasteiger partial charge in [0.25, 0.3) is 0 Å². The topological polar surface area (TPSA) is 0 Å². The van der Waals surface area contributed by atoms with Crippen molar-refractivity contribution < 1.29 is 13.2 Å². The van der Waals surface area contributed by atoms with Crippen LogP contribution in [0.1, 0.15) is 5.56 Å². The Bertz CT molecular complexity index is 295. The summed E-state index contributed by atoms with van der Waals surface area (Å²) in [5.41, 5.74) is -0.810. The van der Waals surface area contributed by atoms with Gasteiger partial charge in [0.1, 0.15) is 0 Å². The third kappa shape index (κ3) is 1.93.